The van der Waals surface area contributed by atoms with Gasteiger partial charge in [-0.15, -0.1) is 0 Å². The molecule has 0 spiro atoms. The van der Waals surface area contributed by atoms with E-state index in [1.807, 2.05) is 13.8 Å². The van der Waals surface area contributed by atoms with Crippen LogP contribution in [0.4, 0.5) is 0 Å². The monoisotopic (exact) mass is 254 g/mol. The molecule has 0 aliphatic carbocycles. The molecular formula is C13H26N4O. The lowest BCUT2D eigenvalue weighted by Crippen LogP contribution is -2.31. The van der Waals surface area contributed by atoms with Crippen LogP contribution in [0.5, 0.6) is 0 Å². The first-order valence-corrected chi connectivity index (χ1v) is 6.52. The molecule has 1 aromatic rings. The molecular weight excluding hydrogens is 228 g/mol. The Hall–Kier alpha value is -0.940. The van der Waals surface area contributed by atoms with E-state index in [1.165, 1.54) is 0 Å². The molecule has 0 aliphatic rings. The molecule has 0 saturated carbocycles. The summed E-state index contributed by atoms with van der Waals surface area (Å²) in [7, 11) is 2.07. The van der Waals surface area contributed by atoms with Crippen LogP contribution in [0.25, 0.3) is 0 Å². The molecule has 5 nitrogen and oxygen atoms in total. The summed E-state index contributed by atoms with van der Waals surface area (Å²) >= 11 is 0. The summed E-state index contributed by atoms with van der Waals surface area (Å²) in [6, 6.07) is 0.492. The number of nitrogens with zero attached hydrogens (tertiary/aromatic N) is 3. The third-order valence-electron chi connectivity index (χ3n) is 2.99. The molecule has 2 N–H and O–H groups in total. The summed E-state index contributed by atoms with van der Waals surface area (Å²) in [4.78, 5) is 6.56. The summed E-state index contributed by atoms with van der Waals surface area (Å²) in [5.74, 6) is 1.87. The van der Waals surface area contributed by atoms with Crippen LogP contribution in [0.1, 0.15) is 52.8 Å². The second-order valence-electron chi connectivity index (χ2n) is 6.13. The van der Waals surface area contributed by atoms with Gasteiger partial charge in [-0.25, -0.2) is 0 Å². The Kier molecular flexibility index (Phi) is 4.87. The van der Waals surface area contributed by atoms with Gasteiger partial charge in [0, 0.05) is 6.04 Å². The standard InChI is InChI=1S/C13H26N4O/c1-9(2)7-10(3)17(6)8-11-15-12(16-18-11)13(4,5)14/h9-10H,7-8,14H2,1-6H3. The number of rotatable bonds is 6. The predicted molar refractivity (Wildman–Crippen MR) is 71.9 cm³/mol. The maximum absolute atomic E-state index is 5.93. The fraction of sp³-hybridized carbons (Fsp3) is 0.846. The molecule has 0 aromatic carbocycles. The average Bonchev–Trinajstić information content (AvgIpc) is 2.64. The van der Waals surface area contributed by atoms with Crippen LogP contribution < -0.4 is 5.73 Å². The third kappa shape index (κ3) is 4.38. The van der Waals surface area contributed by atoms with E-state index in [9.17, 15) is 0 Å². The summed E-state index contributed by atoms with van der Waals surface area (Å²) in [6.07, 6.45) is 1.15. The van der Waals surface area contributed by atoms with Gasteiger partial charge >= 0.3 is 0 Å². The van der Waals surface area contributed by atoms with E-state index in [-0.39, 0.29) is 0 Å². The van der Waals surface area contributed by atoms with Gasteiger partial charge < -0.3 is 10.3 Å². The van der Waals surface area contributed by atoms with Crippen molar-refractivity contribution in [3.63, 3.8) is 0 Å². The Morgan fingerprint density at radius 1 is 1.33 bits per heavy atom. The van der Waals surface area contributed by atoms with Crippen molar-refractivity contribution < 1.29 is 4.52 Å². The van der Waals surface area contributed by atoms with E-state index in [1.54, 1.807) is 0 Å². The third-order valence-corrected chi connectivity index (χ3v) is 2.99. The maximum Gasteiger partial charge on any atom is 0.240 e. The van der Waals surface area contributed by atoms with E-state index in [0.717, 1.165) is 6.42 Å². The number of aromatic nitrogens is 2. The van der Waals surface area contributed by atoms with Gasteiger partial charge in [0.15, 0.2) is 5.82 Å². The molecule has 1 rings (SSSR count). The van der Waals surface area contributed by atoms with E-state index in [2.05, 4.69) is 42.9 Å². The minimum Gasteiger partial charge on any atom is -0.338 e. The molecule has 1 unspecified atom stereocenters. The van der Waals surface area contributed by atoms with Gasteiger partial charge in [-0.05, 0) is 40.2 Å². The van der Waals surface area contributed by atoms with Crippen LogP contribution in [0.15, 0.2) is 4.52 Å². The van der Waals surface area contributed by atoms with Crippen LogP contribution in [0, 0.1) is 5.92 Å². The Morgan fingerprint density at radius 2 is 1.94 bits per heavy atom. The normalized spacial score (nSPS) is 14.5. The van der Waals surface area contributed by atoms with Crippen LogP contribution in [0.3, 0.4) is 0 Å². The first-order chi connectivity index (χ1) is 8.20. The SMILES string of the molecule is CC(C)CC(C)N(C)Cc1nc(C(C)(C)N)no1. The van der Waals surface area contributed by atoms with Crippen molar-refractivity contribution >= 4 is 0 Å². The molecule has 0 fully saturated rings. The minimum atomic E-state index is -0.552. The molecule has 5 heteroatoms. The summed E-state index contributed by atoms with van der Waals surface area (Å²) in [6.45, 7) is 11.1. The molecule has 1 atom stereocenters. The zero-order valence-electron chi connectivity index (χ0n) is 12.4. The first-order valence-electron chi connectivity index (χ1n) is 6.52. The lowest BCUT2D eigenvalue weighted by Gasteiger charge is -2.24. The number of hydrogen-bond donors (Lipinski definition) is 1. The molecule has 18 heavy (non-hydrogen) atoms. The first kappa shape index (κ1) is 15.1. The summed E-state index contributed by atoms with van der Waals surface area (Å²) < 4.78 is 5.23. The van der Waals surface area contributed by atoms with Gasteiger partial charge in [-0.2, -0.15) is 4.98 Å². The van der Waals surface area contributed by atoms with Crippen LogP contribution in [0.2, 0.25) is 0 Å². The van der Waals surface area contributed by atoms with Gasteiger partial charge in [0.2, 0.25) is 5.89 Å². The highest BCUT2D eigenvalue weighted by atomic mass is 16.5. The molecule has 0 radical (unpaired) electrons. The molecule has 0 aliphatic heterocycles. The molecule has 1 heterocycles. The van der Waals surface area contributed by atoms with Crippen molar-refractivity contribution in [3.05, 3.63) is 11.7 Å². The van der Waals surface area contributed by atoms with Crippen molar-refractivity contribution in [2.24, 2.45) is 11.7 Å². The van der Waals surface area contributed by atoms with Gasteiger partial charge in [-0.3, -0.25) is 4.90 Å². The Balaban J connectivity index is 2.60. The van der Waals surface area contributed by atoms with Crippen molar-refractivity contribution in [1.82, 2.24) is 15.0 Å². The van der Waals surface area contributed by atoms with Crippen LogP contribution >= 0.6 is 0 Å². The summed E-state index contributed by atoms with van der Waals surface area (Å²) in [5, 5.41) is 3.92. The lowest BCUT2D eigenvalue weighted by molar-refractivity contribution is 0.193. The number of hydrogen-bond acceptors (Lipinski definition) is 5. The van der Waals surface area contributed by atoms with Gasteiger partial charge in [-0.1, -0.05) is 19.0 Å². The minimum absolute atomic E-state index is 0.492. The largest absolute Gasteiger partial charge is 0.338 e. The zero-order chi connectivity index (χ0) is 13.9. The highest BCUT2D eigenvalue weighted by Gasteiger charge is 2.22. The van der Waals surface area contributed by atoms with E-state index < -0.39 is 5.54 Å². The molecule has 0 amide bonds. The Morgan fingerprint density at radius 3 is 2.39 bits per heavy atom. The van der Waals surface area contributed by atoms with Crippen LogP contribution in [-0.4, -0.2) is 28.1 Å². The second-order valence-corrected chi connectivity index (χ2v) is 6.13. The number of nitrogens with two attached hydrogens (primary N) is 1. The Bertz CT molecular complexity index is 367. The van der Waals surface area contributed by atoms with Crippen molar-refractivity contribution in [2.75, 3.05) is 7.05 Å². The lowest BCUT2D eigenvalue weighted by atomic mass is 10.0. The van der Waals surface area contributed by atoms with E-state index >= 15 is 0 Å². The maximum atomic E-state index is 5.93. The molecule has 0 saturated heterocycles. The van der Waals surface area contributed by atoms with Gasteiger partial charge in [0.25, 0.3) is 0 Å². The second kappa shape index (κ2) is 5.80. The van der Waals surface area contributed by atoms with E-state index in [4.69, 9.17) is 10.3 Å². The average molecular weight is 254 g/mol. The zero-order valence-corrected chi connectivity index (χ0v) is 12.4. The van der Waals surface area contributed by atoms with Crippen molar-refractivity contribution in [1.29, 1.82) is 0 Å². The van der Waals surface area contributed by atoms with Crippen molar-refractivity contribution in [3.8, 4) is 0 Å². The summed E-state index contributed by atoms with van der Waals surface area (Å²) in [5.41, 5.74) is 5.38. The molecule has 104 valence electrons. The van der Waals surface area contributed by atoms with Gasteiger partial charge in [0.05, 0.1) is 12.1 Å². The van der Waals surface area contributed by atoms with Gasteiger partial charge in [0.1, 0.15) is 0 Å². The van der Waals surface area contributed by atoms with Crippen molar-refractivity contribution in [2.45, 2.75) is 59.2 Å². The molecule has 0 bridgehead atoms. The van der Waals surface area contributed by atoms with E-state index in [0.29, 0.717) is 30.2 Å². The van der Waals surface area contributed by atoms with Crippen LogP contribution in [-0.2, 0) is 12.1 Å². The fourth-order valence-electron chi connectivity index (χ4n) is 1.81. The predicted octanol–water partition coefficient (Wildman–Crippen LogP) is 2.13. The Labute approximate surface area is 110 Å². The smallest absolute Gasteiger partial charge is 0.240 e. The highest BCUT2D eigenvalue weighted by Crippen LogP contribution is 2.15. The highest BCUT2D eigenvalue weighted by molar-refractivity contribution is 4.99. The quantitative estimate of drug-likeness (QED) is 0.842. The fourth-order valence-corrected chi connectivity index (χ4v) is 1.81. The molecule has 1 aromatic heterocycles. The topological polar surface area (TPSA) is 68.2 Å².